The number of phenolic OH excluding ortho intramolecular Hbond substituents is 1. The smallest absolute Gasteiger partial charge is 0.295 e. The summed E-state index contributed by atoms with van der Waals surface area (Å²) in [6.07, 6.45) is 0. The second-order valence-corrected chi connectivity index (χ2v) is 8.30. The van der Waals surface area contributed by atoms with Crippen molar-refractivity contribution in [2.75, 3.05) is 7.11 Å². The van der Waals surface area contributed by atoms with E-state index in [1.54, 1.807) is 30.3 Å². The normalized spacial score (nSPS) is 17.9. The number of benzene rings is 2. The first-order valence-corrected chi connectivity index (χ1v) is 10.5. The number of amides is 1. The number of aliphatic hydroxyl groups excluding tert-OH is 1. The number of aliphatic hydroxyl groups is 1. The minimum absolute atomic E-state index is 0.0611. The summed E-state index contributed by atoms with van der Waals surface area (Å²) in [5.74, 6) is -1.76. The van der Waals surface area contributed by atoms with Crippen molar-refractivity contribution in [1.29, 1.82) is 0 Å². The molecule has 1 fully saturated rings. The summed E-state index contributed by atoms with van der Waals surface area (Å²) >= 11 is 1.46. The van der Waals surface area contributed by atoms with Crippen LogP contribution in [0.4, 0.5) is 0 Å². The van der Waals surface area contributed by atoms with Crippen LogP contribution in [0.2, 0.25) is 0 Å². The number of Topliss-reactive ketones (excluding diaryl/α,β-unsaturated/α-hetero) is 1. The van der Waals surface area contributed by atoms with E-state index < -0.39 is 17.7 Å². The molecule has 158 valence electrons. The zero-order chi connectivity index (χ0) is 22.1. The summed E-state index contributed by atoms with van der Waals surface area (Å²) in [5, 5.41) is 23.7. The van der Waals surface area contributed by atoms with E-state index >= 15 is 0 Å². The van der Waals surface area contributed by atoms with Crippen molar-refractivity contribution in [1.82, 2.24) is 4.90 Å². The number of nitrogens with zero attached hydrogens (tertiary/aromatic N) is 1. The third-order valence-corrected chi connectivity index (χ3v) is 6.18. The molecule has 1 aliphatic heterocycles. The molecule has 3 aromatic rings. The van der Waals surface area contributed by atoms with Crippen LogP contribution in [-0.2, 0) is 16.1 Å². The third-order valence-electron chi connectivity index (χ3n) is 5.32. The molecule has 2 N–H and O–H groups in total. The van der Waals surface area contributed by atoms with Crippen LogP contribution in [0.5, 0.6) is 11.5 Å². The SMILES string of the molecule is COc1cccc(C2/C(=C(\O)c3ccc(C)cc3)C(=O)C(=O)N2Cc2cccs2)c1O. The molecule has 1 aliphatic rings. The first-order chi connectivity index (χ1) is 14.9. The Bertz CT molecular complexity index is 1170. The second-order valence-electron chi connectivity index (χ2n) is 7.27. The van der Waals surface area contributed by atoms with Crippen molar-refractivity contribution in [2.45, 2.75) is 19.5 Å². The largest absolute Gasteiger partial charge is 0.507 e. The van der Waals surface area contributed by atoms with Gasteiger partial charge in [-0.15, -0.1) is 11.3 Å². The Hall–Kier alpha value is -3.58. The number of hydrogen-bond donors (Lipinski definition) is 2. The second kappa shape index (κ2) is 8.28. The molecule has 0 aliphatic carbocycles. The number of carbonyl (C=O) groups is 2. The topological polar surface area (TPSA) is 87.1 Å². The fraction of sp³-hybridized carbons (Fsp3) is 0.167. The van der Waals surface area contributed by atoms with Gasteiger partial charge in [0.2, 0.25) is 0 Å². The molecule has 2 aromatic carbocycles. The van der Waals surface area contributed by atoms with E-state index in [1.165, 1.54) is 23.3 Å². The van der Waals surface area contributed by atoms with E-state index in [9.17, 15) is 19.8 Å². The number of thiophene rings is 1. The van der Waals surface area contributed by atoms with Crippen molar-refractivity contribution in [2.24, 2.45) is 0 Å². The first-order valence-electron chi connectivity index (χ1n) is 9.66. The van der Waals surface area contributed by atoms with E-state index in [-0.39, 0.29) is 29.4 Å². The molecule has 2 heterocycles. The number of methoxy groups -OCH3 is 1. The molecule has 31 heavy (non-hydrogen) atoms. The highest BCUT2D eigenvalue weighted by Crippen LogP contribution is 2.45. The van der Waals surface area contributed by atoms with Gasteiger partial charge in [-0.3, -0.25) is 9.59 Å². The molecule has 1 saturated heterocycles. The summed E-state index contributed by atoms with van der Waals surface area (Å²) in [6.45, 7) is 2.09. The lowest BCUT2D eigenvalue weighted by Crippen LogP contribution is -2.28. The van der Waals surface area contributed by atoms with Gasteiger partial charge in [-0.1, -0.05) is 48.0 Å². The predicted octanol–water partition coefficient (Wildman–Crippen LogP) is 4.39. The maximum Gasteiger partial charge on any atom is 0.295 e. The van der Waals surface area contributed by atoms with Crippen LogP contribution in [0.25, 0.3) is 5.76 Å². The van der Waals surface area contributed by atoms with Crippen molar-refractivity contribution >= 4 is 28.8 Å². The number of aryl methyl sites for hydroxylation is 1. The maximum atomic E-state index is 13.1. The average Bonchev–Trinajstić information content (AvgIpc) is 3.36. The van der Waals surface area contributed by atoms with Crippen molar-refractivity contribution in [3.05, 3.63) is 87.1 Å². The number of ketones is 1. The molecule has 0 saturated carbocycles. The van der Waals surface area contributed by atoms with Crippen LogP contribution >= 0.6 is 11.3 Å². The van der Waals surface area contributed by atoms with E-state index in [0.29, 0.717) is 11.1 Å². The summed E-state index contributed by atoms with van der Waals surface area (Å²) in [5.41, 5.74) is 1.67. The molecule has 1 atom stereocenters. The van der Waals surface area contributed by atoms with Crippen LogP contribution in [-0.4, -0.2) is 33.9 Å². The Morgan fingerprint density at radius 2 is 1.84 bits per heavy atom. The standard InChI is InChI=1S/C24H21NO5S/c1-14-8-10-15(11-9-14)21(26)19-20(17-6-3-7-18(30-2)22(17)27)25(24(29)23(19)28)13-16-5-4-12-31-16/h3-12,20,26-27H,13H2,1-2H3/b21-19+. The van der Waals surface area contributed by atoms with Gasteiger partial charge in [0.25, 0.3) is 11.7 Å². The summed E-state index contributed by atoms with van der Waals surface area (Å²) in [6, 6.07) is 14.7. The Labute approximate surface area is 183 Å². The van der Waals surface area contributed by atoms with Crippen LogP contribution < -0.4 is 4.74 Å². The van der Waals surface area contributed by atoms with Gasteiger partial charge in [0, 0.05) is 16.0 Å². The molecular weight excluding hydrogens is 414 g/mol. The van der Waals surface area contributed by atoms with E-state index in [1.807, 2.05) is 36.6 Å². The highest BCUT2D eigenvalue weighted by atomic mass is 32.1. The number of aromatic hydroxyl groups is 1. The van der Waals surface area contributed by atoms with Gasteiger partial charge in [0.15, 0.2) is 11.5 Å². The van der Waals surface area contributed by atoms with Gasteiger partial charge < -0.3 is 19.8 Å². The number of ether oxygens (including phenoxy) is 1. The highest BCUT2D eigenvalue weighted by molar-refractivity contribution is 7.09. The maximum absolute atomic E-state index is 13.1. The van der Waals surface area contributed by atoms with Crippen LogP contribution in [0.1, 0.15) is 27.6 Å². The molecule has 0 spiro atoms. The van der Waals surface area contributed by atoms with Gasteiger partial charge in [-0.25, -0.2) is 0 Å². The zero-order valence-corrected chi connectivity index (χ0v) is 17.8. The molecule has 0 radical (unpaired) electrons. The fourth-order valence-electron chi connectivity index (χ4n) is 3.73. The molecule has 1 amide bonds. The molecule has 1 unspecified atom stereocenters. The van der Waals surface area contributed by atoms with Crippen LogP contribution in [0.3, 0.4) is 0 Å². The lowest BCUT2D eigenvalue weighted by Gasteiger charge is -2.26. The lowest BCUT2D eigenvalue weighted by atomic mass is 9.94. The number of hydrogen-bond acceptors (Lipinski definition) is 6. The fourth-order valence-corrected chi connectivity index (χ4v) is 4.43. The van der Waals surface area contributed by atoms with Gasteiger partial charge in [-0.2, -0.15) is 0 Å². The average molecular weight is 436 g/mol. The molecule has 1 aromatic heterocycles. The summed E-state index contributed by atoms with van der Waals surface area (Å²) in [4.78, 5) is 28.3. The molecule has 7 heteroatoms. The minimum Gasteiger partial charge on any atom is -0.507 e. The number of phenols is 1. The van der Waals surface area contributed by atoms with Crippen LogP contribution in [0.15, 0.2) is 65.6 Å². The van der Waals surface area contributed by atoms with Gasteiger partial charge in [-0.05, 0) is 24.4 Å². The van der Waals surface area contributed by atoms with Crippen molar-refractivity contribution in [3.63, 3.8) is 0 Å². The molecular formula is C24H21NO5S. The third kappa shape index (κ3) is 3.68. The summed E-state index contributed by atoms with van der Waals surface area (Å²) < 4.78 is 5.22. The number of carbonyl (C=O) groups excluding carboxylic acids is 2. The first kappa shape index (κ1) is 20.7. The Balaban J connectivity index is 1.92. The number of para-hydroxylation sites is 1. The van der Waals surface area contributed by atoms with Crippen molar-refractivity contribution in [3.8, 4) is 11.5 Å². The van der Waals surface area contributed by atoms with Crippen molar-refractivity contribution < 1.29 is 24.5 Å². The zero-order valence-electron chi connectivity index (χ0n) is 17.0. The quantitative estimate of drug-likeness (QED) is 0.353. The molecule has 0 bridgehead atoms. The van der Waals surface area contributed by atoms with Gasteiger partial charge in [0.05, 0.1) is 25.3 Å². The molecule has 6 nitrogen and oxygen atoms in total. The minimum atomic E-state index is -0.960. The Kier molecular flexibility index (Phi) is 5.52. The molecule has 4 rings (SSSR count). The predicted molar refractivity (Wildman–Crippen MR) is 118 cm³/mol. The number of likely N-dealkylation sites (tertiary alicyclic amines) is 1. The Morgan fingerprint density at radius 1 is 1.10 bits per heavy atom. The summed E-state index contributed by atoms with van der Waals surface area (Å²) in [7, 11) is 1.42. The highest BCUT2D eigenvalue weighted by Gasteiger charge is 2.47. The van der Waals surface area contributed by atoms with Gasteiger partial charge >= 0.3 is 0 Å². The Morgan fingerprint density at radius 3 is 2.48 bits per heavy atom. The van der Waals surface area contributed by atoms with E-state index in [2.05, 4.69) is 0 Å². The van der Waals surface area contributed by atoms with Crippen LogP contribution in [0, 0.1) is 6.92 Å². The van der Waals surface area contributed by atoms with E-state index in [0.717, 1.165) is 10.4 Å². The number of rotatable bonds is 5. The van der Waals surface area contributed by atoms with E-state index in [4.69, 9.17) is 4.74 Å². The lowest BCUT2D eigenvalue weighted by molar-refractivity contribution is -0.140. The van der Waals surface area contributed by atoms with Gasteiger partial charge in [0.1, 0.15) is 5.76 Å². The monoisotopic (exact) mass is 435 g/mol.